The standard InChI is InChI=1S/C23H24F3N3O/c24-23(25,26)21-10-4-8-19(16-21)9-5-11-27-22(30)18-29-14-12-28(13-15-29)17-20-6-2-1-3-7-20/h1-4,6-8,10,16H,11-15,17-18H2,(H,27,30). The van der Waals surface area contributed by atoms with E-state index in [-0.39, 0.29) is 18.0 Å². The minimum absolute atomic E-state index is 0.100. The van der Waals surface area contributed by atoms with Crippen LogP contribution in [0, 0.1) is 11.8 Å². The van der Waals surface area contributed by atoms with E-state index in [1.165, 1.54) is 17.7 Å². The molecule has 2 aromatic rings. The highest BCUT2D eigenvalue weighted by Crippen LogP contribution is 2.29. The number of hydrogen-bond acceptors (Lipinski definition) is 3. The summed E-state index contributed by atoms with van der Waals surface area (Å²) in [7, 11) is 0. The number of hydrogen-bond donors (Lipinski definition) is 1. The molecule has 0 atom stereocenters. The number of piperazine rings is 1. The van der Waals surface area contributed by atoms with Gasteiger partial charge in [-0.2, -0.15) is 13.2 Å². The average molecular weight is 415 g/mol. The molecule has 1 fully saturated rings. The van der Waals surface area contributed by atoms with E-state index in [1.807, 2.05) is 18.2 Å². The van der Waals surface area contributed by atoms with Crippen LogP contribution in [-0.2, 0) is 17.5 Å². The molecule has 0 spiro atoms. The number of nitrogens with one attached hydrogen (secondary N) is 1. The lowest BCUT2D eigenvalue weighted by molar-refractivity contribution is -0.137. The van der Waals surface area contributed by atoms with Crippen molar-refractivity contribution in [2.24, 2.45) is 0 Å². The number of carbonyl (C=O) groups excluding carboxylic acids is 1. The fourth-order valence-electron chi connectivity index (χ4n) is 3.27. The molecule has 30 heavy (non-hydrogen) atoms. The van der Waals surface area contributed by atoms with Gasteiger partial charge in [-0.3, -0.25) is 14.6 Å². The number of rotatable bonds is 5. The minimum atomic E-state index is -4.39. The molecule has 1 aliphatic rings. The molecule has 3 rings (SSSR count). The van der Waals surface area contributed by atoms with Crippen molar-refractivity contribution in [3.63, 3.8) is 0 Å². The normalized spacial score (nSPS) is 15.3. The molecule has 0 aromatic heterocycles. The van der Waals surface area contributed by atoms with Crippen LogP contribution in [0.1, 0.15) is 16.7 Å². The van der Waals surface area contributed by atoms with Gasteiger partial charge in [0.2, 0.25) is 5.91 Å². The molecule has 158 valence electrons. The van der Waals surface area contributed by atoms with E-state index in [1.54, 1.807) is 0 Å². The lowest BCUT2D eigenvalue weighted by Gasteiger charge is -2.34. The Morgan fingerprint density at radius 1 is 0.967 bits per heavy atom. The van der Waals surface area contributed by atoms with Crippen molar-refractivity contribution in [1.82, 2.24) is 15.1 Å². The first kappa shape index (κ1) is 21.9. The fourth-order valence-corrected chi connectivity index (χ4v) is 3.27. The molecule has 1 saturated heterocycles. The number of benzene rings is 2. The van der Waals surface area contributed by atoms with Crippen LogP contribution >= 0.6 is 0 Å². The number of carbonyl (C=O) groups is 1. The number of halogens is 3. The van der Waals surface area contributed by atoms with Crippen molar-refractivity contribution in [1.29, 1.82) is 0 Å². The lowest BCUT2D eigenvalue weighted by atomic mass is 10.1. The smallest absolute Gasteiger partial charge is 0.344 e. The SMILES string of the molecule is O=C(CN1CCN(Cc2ccccc2)CC1)NCC#Cc1cccc(C(F)(F)F)c1. The van der Waals surface area contributed by atoms with Crippen LogP contribution in [0.15, 0.2) is 54.6 Å². The maximum Gasteiger partial charge on any atom is 0.416 e. The van der Waals surface area contributed by atoms with Gasteiger partial charge < -0.3 is 5.32 Å². The van der Waals surface area contributed by atoms with E-state index in [2.05, 4.69) is 39.1 Å². The molecule has 2 aromatic carbocycles. The molecule has 1 aliphatic heterocycles. The van der Waals surface area contributed by atoms with E-state index >= 15 is 0 Å². The molecule has 7 heteroatoms. The van der Waals surface area contributed by atoms with E-state index in [9.17, 15) is 18.0 Å². The molecular formula is C23H24F3N3O. The van der Waals surface area contributed by atoms with Gasteiger partial charge in [0, 0.05) is 38.3 Å². The van der Waals surface area contributed by atoms with Gasteiger partial charge in [0.05, 0.1) is 18.7 Å². The highest BCUT2D eigenvalue weighted by molar-refractivity contribution is 5.78. The second kappa shape index (κ2) is 10.3. The van der Waals surface area contributed by atoms with Crippen LogP contribution in [0.4, 0.5) is 13.2 Å². The van der Waals surface area contributed by atoms with E-state index < -0.39 is 11.7 Å². The van der Waals surface area contributed by atoms with Crippen LogP contribution in [-0.4, -0.2) is 55.0 Å². The molecule has 1 N–H and O–H groups in total. The Kier molecular flexibility index (Phi) is 7.50. The Balaban J connectivity index is 1.38. The highest BCUT2D eigenvalue weighted by Gasteiger charge is 2.30. The lowest BCUT2D eigenvalue weighted by Crippen LogP contribution is -2.49. The Hall–Kier alpha value is -2.82. The van der Waals surface area contributed by atoms with Gasteiger partial charge in [-0.1, -0.05) is 48.2 Å². The minimum Gasteiger partial charge on any atom is -0.344 e. The van der Waals surface area contributed by atoms with E-state index in [4.69, 9.17) is 0 Å². The van der Waals surface area contributed by atoms with Gasteiger partial charge in [-0.15, -0.1) is 0 Å². The third-order valence-electron chi connectivity index (χ3n) is 4.88. The first-order valence-electron chi connectivity index (χ1n) is 9.81. The van der Waals surface area contributed by atoms with E-state index in [0.29, 0.717) is 6.54 Å². The van der Waals surface area contributed by atoms with Gasteiger partial charge in [-0.25, -0.2) is 0 Å². The summed E-state index contributed by atoms with van der Waals surface area (Å²) in [4.78, 5) is 16.6. The van der Waals surface area contributed by atoms with Crippen molar-refractivity contribution in [2.75, 3.05) is 39.3 Å². The molecule has 1 heterocycles. The first-order chi connectivity index (χ1) is 14.4. The largest absolute Gasteiger partial charge is 0.416 e. The van der Waals surface area contributed by atoms with Crippen molar-refractivity contribution in [2.45, 2.75) is 12.7 Å². The quantitative estimate of drug-likeness (QED) is 0.763. The van der Waals surface area contributed by atoms with Crippen LogP contribution < -0.4 is 5.32 Å². The van der Waals surface area contributed by atoms with Crippen molar-refractivity contribution >= 4 is 5.91 Å². The zero-order valence-corrected chi connectivity index (χ0v) is 16.6. The number of amides is 1. The maximum atomic E-state index is 12.7. The van der Waals surface area contributed by atoms with Gasteiger partial charge in [0.15, 0.2) is 0 Å². The maximum absolute atomic E-state index is 12.7. The second-order valence-electron chi connectivity index (χ2n) is 7.19. The molecule has 1 amide bonds. The third-order valence-corrected chi connectivity index (χ3v) is 4.88. The van der Waals surface area contributed by atoms with E-state index in [0.717, 1.165) is 44.9 Å². The first-order valence-corrected chi connectivity index (χ1v) is 9.81. The molecule has 0 radical (unpaired) electrons. The fraction of sp³-hybridized carbons (Fsp3) is 0.348. The van der Waals surface area contributed by atoms with Crippen LogP contribution in [0.25, 0.3) is 0 Å². The molecule has 0 aliphatic carbocycles. The monoisotopic (exact) mass is 415 g/mol. The summed E-state index contributed by atoms with van der Waals surface area (Å²) < 4.78 is 38.1. The van der Waals surface area contributed by atoms with Gasteiger partial charge in [-0.05, 0) is 23.8 Å². The predicted octanol–water partition coefficient (Wildman–Crippen LogP) is 2.99. The predicted molar refractivity (Wildman–Crippen MR) is 109 cm³/mol. The number of nitrogens with zero attached hydrogens (tertiary/aromatic N) is 2. The summed E-state index contributed by atoms with van der Waals surface area (Å²) in [6, 6.07) is 15.1. The molecule has 0 saturated carbocycles. The second-order valence-corrected chi connectivity index (χ2v) is 7.19. The summed E-state index contributed by atoms with van der Waals surface area (Å²) in [5, 5.41) is 2.71. The van der Waals surface area contributed by atoms with Crippen molar-refractivity contribution in [3.8, 4) is 11.8 Å². The summed E-state index contributed by atoms with van der Waals surface area (Å²) in [5.41, 5.74) is 0.821. The summed E-state index contributed by atoms with van der Waals surface area (Å²) in [5.74, 6) is 5.23. The Morgan fingerprint density at radius 2 is 1.67 bits per heavy atom. The molecule has 0 unspecified atom stereocenters. The average Bonchev–Trinajstić information content (AvgIpc) is 2.73. The Bertz CT molecular complexity index is 895. The summed E-state index contributed by atoms with van der Waals surface area (Å²) in [6.07, 6.45) is -4.39. The van der Waals surface area contributed by atoms with Crippen LogP contribution in [0.3, 0.4) is 0 Å². The zero-order chi connectivity index (χ0) is 21.4. The topological polar surface area (TPSA) is 35.6 Å². The summed E-state index contributed by atoms with van der Waals surface area (Å²) >= 11 is 0. The van der Waals surface area contributed by atoms with Gasteiger partial charge in [0.25, 0.3) is 0 Å². The van der Waals surface area contributed by atoms with Crippen LogP contribution in [0.2, 0.25) is 0 Å². The highest BCUT2D eigenvalue weighted by atomic mass is 19.4. The zero-order valence-electron chi connectivity index (χ0n) is 16.6. The molecule has 0 bridgehead atoms. The van der Waals surface area contributed by atoms with Gasteiger partial charge in [0.1, 0.15) is 0 Å². The third kappa shape index (κ3) is 6.90. The number of alkyl halides is 3. The van der Waals surface area contributed by atoms with Crippen molar-refractivity contribution in [3.05, 3.63) is 71.3 Å². The van der Waals surface area contributed by atoms with Crippen LogP contribution in [0.5, 0.6) is 0 Å². The Labute approximate surface area is 174 Å². The molecule has 4 nitrogen and oxygen atoms in total. The van der Waals surface area contributed by atoms with Crippen molar-refractivity contribution < 1.29 is 18.0 Å². The molecular weight excluding hydrogens is 391 g/mol. The summed E-state index contributed by atoms with van der Waals surface area (Å²) in [6.45, 7) is 4.74. The Morgan fingerprint density at radius 3 is 2.37 bits per heavy atom. The van der Waals surface area contributed by atoms with Gasteiger partial charge >= 0.3 is 6.18 Å².